The van der Waals surface area contributed by atoms with Gasteiger partial charge < -0.3 is 15.6 Å². The van der Waals surface area contributed by atoms with Gasteiger partial charge in [-0.05, 0) is 31.4 Å². The van der Waals surface area contributed by atoms with E-state index in [9.17, 15) is 5.11 Å². The first-order chi connectivity index (χ1) is 8.05. The number of ether oxygens (including phenoxy) is 1. The third-order valence-corrected chi connectivity index (χ3v) is 4.12. The van der Waals surface area contributed by atoms with E-state index in [1.54, 1.807) is 0 Å². The monoisotopic (exact) mass is 255 g/mol. The average molecular weight is 256 g/mol. The van der Waals surface area contributed by atoms with E-state index in [0.717, 1.165) is 30.4 Å². The summed E-state index contributed by atoms with van der Waals surface area (Å²) in [5.41, 5.74) is 7.69. The van der Waals surface area contributed by atoms with Crippen LogP contribution in [-0.4, -0.2) is 18.8 Å². The molecule has 4 heteroatoms. The van der Waals surface area contributed by atoms with Crippen LogP contribution in [0.15, 0.2) is 6.07 Å². The molecule has 0 spiro atoms. The summed E-state index contributed by atoms with van der Waals surface area (Å²) in [6.07, 6.45) is 3.19. The van der Waals surface area contributed by atoms with Gasteiger partial charge in [0.2, 0.25) is 0 Å². The van der Waals surface area contributed by atoms with Crippen molar-refractivity contribution < 1.29 is 9.84 Å². The molecule has 1 fully saturated rings. The van der Waals surface area contributed by atoms with E-state index in [1.165, 1.54) is 7.11 Å². The molecule has 2 rings (SSSR count). The Bertz CT molecular complexity index is 436. The highest BCUT2D eigenvalue weighted by atomic mass is 35.5. The van der Waals surface area contributed by atoms with Crippen molar-refractivity contribution in [1.82, 2.24) is 0 Å². The molecule has 3 nitrogen and oxygen atoms in total. The number of phenolic OH excluding ortho intramolecular Hbond substituents is 1. The summed E-state index contributed by atoms with van der Waals surface area (Å²) in [4.78, 5) is 0. The van der Waals surface area contributed by atoms with Crippen LogP contribution < -0.4 is 10.5 Å². The molecule has 1 aromatic rings. The molecule has 0 heterocycles. The summed E-state index contributed by atoms with van der Waals surface area (Å²) in [6.45, 7) is 2.50. The van der Waals surface area contributed by atoms with Crippen LogP contribution in [0.3, 0.4) is 0 Å². The lowest BCUT2D eigenvalue weighted by Gasteiger charge is -2.43. The summed E-state index contributed by atoms with van der Waals surface area (Å²) in [6, 6.07) is 1.84. The first-order valence-corrected chi connectivity index (χ1v) is 6.20. The highest BCUT2D eigenvalue weighted by Gasteiger charge is 2.41. The fourth-order valence-electron chi connectivity index (χ4n) is 2.76. The van der Waals surface area contributed by atoms with E-state index in [2.05, 4.69) is 0 Å². The first kappa shape index (κ1) is 12.5. The zero-order valence-electron chi connectivity index (χ0n) is 10.2. The molecule has 0 aromatic heterocycles. The Morgan fingerprint density at radius 1 is 1.53 bits per heavy atom. The van der Waals surface area contributed by atoms with Crippen LogP contribution in [0.2, 0.25) is 5.02 Å². The number of aryl methyl sites for hydroxylation is 1. The molecule has 3 N–H and O–H groups in total. The maximum Gasteiger partial charge on any atom is 0.179 e. The number of rotatable bonds is 3. The second-order valence-electron chi connectivity index (χ2n) is 4.77. The lowest BCUT2D eigenvalue weighted by molar-refractivity contribution is 0.241. The normalized spacial score (nSPS) is 17.6. The van der Waals surface area contributed by atoms with Crippen LogP contribution in [0.25, 0.3) is 0 Å². The number of phenols is 1. The molecule has 0 aliphatic heterocycles. The average Bonchev–Trinajstić information content (AvgIpc) is 2.21. The van der Waals surface area contributed by atoms with Crippen molar-refractivity contribution in [3.8, 4) is 11.5 Å². The smallest absolute Gasteiger partial charge is 0.179 e. The second-order valence-corrected chi connectivity index (χ2v) is 5.18. The molecular weight excluding hydrogens is 238 g/mol. The van der Waals surface area contributed by atoms with Crippen LogP contribution in [0.4, 0.5) is 0 Å². The third-order valence-electron chi connectivity index (χ3n) is 3.84. The van der Waals surface area contributed by atoms with Crippen molar-refractivity contribution in [2.24, 2.45) is 5.73 Å². The van der Waals surface area contributed by atoms with E-state index < -0.39 is 0 Å². The molecule has 0 unspecified atom stereocenters. The Hall–Kier alpha value is -0.930. The fourth-order valence-corrected chi connectivity index (χ4v) is 3.09. The third kappa shape index (κ3) is 1.78. The number of halogens is 1. The van der Waals surface area contributed by atoms with Crippen LogP contribution in [-0.2, 0) is 5.41 Å². The molecule has 1 aliphatic carbocycles. The van der Waals surface area contributed by atoms with Crippen molar-refractivity contribution in [3.05, 3.63) is 22.2 Å². The minimum Gasteiger partial charge on any atom is -0.504 e. The van der Waals surface area contributed by atoms with Gasteiger partial charge in [0.1, 0.15) is 0 Å². The Morgan fingerprint density at radius 2 is 2.18 bits per heavy atom. The largest absolute Gasteiger partial charge is 0.504 e. The SMILES string of the molecule is COc1c(Cl)cc(C)c(C2(CN)CCC2)c1O. The molecule has 0 radical (unpaired) electrons. The molecule has 0 atom stereocenters. The first-order valence-electron chi connectivity index (χ1n) is 5.82. The van der Waals surface area contributed by atoms with E-state index in [4.69, 9.17) is 22.1 Å². The predicted octanol–water partition coefficient (Wildman–Crippen LogP) is 2.74. The van der Waals surface area contributed by atoms with Gasteiger partial charge in [0.05, 0.1) is 12.1 Å². The van der Waals surface area contributed by atoms with Gasteiger partial charge in [-0.2, -0.15) is 0 Å². The summed E-state index contributed by atoms with van der Waals surface area (Å²) < 4.78 is 5.16. The van der Waals surface area contributed by atoms with E-state index in [0.29, 0.717) is 17.3 Å². The Morgan fingerprint density at radius 3 is 2.59 bits per heavy atom. The Kier molecular flexibility index (Phi) is 3.23. The molecule has 0 amide bonds. The van der Waals surface area contributed by atoms with Crippen molar-refractivity contribution in [3.63, 3.8) is 0 Å². The molecular formula is C13H18ClNO2. The topological polar surface area (TPSA) is 55.5 Å². The standard InChI is InChI=1S/C13H18ClNO2/c1-8-6-9(14)12(17-2)11(16)10(8)13(7-15)4-3-5-13/h6,16H,3-5,7,15H2,1-2H3. The number of hydrogen-bond donors (Lipinski definition) is 2. The predicted molar refractivity (Wildman–Crippen MR) is 69.0 cm³/mol. The van der Waals surface area contributed by atoms with Crippen LogP contribution in [0.1, 0.15) is 30.4 Å². The Labute approximate surface area is 107 Å². The van der Waals surface area contributed by atoms with Gasteiger partial charge in [0.25, 0.3) is 0 Å². The van der Waals surface area contributed by atoms with E-state index in [1.807, 2.05) is 13.0 Å². The molecule has 0 saturated heterocycles. The van der Waals surface area contributed by atoms with Crippen molar-refractivity contribution >= 4 is 11.6 Å². The van der Waals surface area contributed by atoms with Gasteiger partial charge in [-0.15, -0.1) is 0 Å². The number of aromatic hydroxyl groups is 1. The fraction of sp³-hybridized carbons (Fsp3) is 0.538. The zero-order chi connectivity index (χ0) is 12.6. The van der Waals surface area contributed by atoms with Gasteiger partial charge in [0, 0.05) is 17.5 Å². The summed E-state index contributed by atoms with van der Waals surface area (Å²) >= 11 is 6.05. The summed E-state index contributed by atoms with van der Waals surface area (Å²) in [5.74, 6) is 0.509. The van der Waals surface area contributed by atoms with Gasteiger partial charge in [0.15, 0.2) is 11.5 Å². The maximum absolute atomic E-state index is 10.3. The van der Waals surface area contributed by atoms with E-state index in [-0.39, 0.29) is 11.2 Å². The van der Waals surface area contributed by atoms with Gasteiger partial charge in [-0.25, -0.2) is 0 Å². The molecule has 17 heavy (non-hydrogen) atoms. The molecule has 1 aliphatic rings. The lowest BCUT2D eigenvalue weighted by atomic mass is 9.63. The summed E-state index contributed by atoms with van der Waals surface area (Å²) in [7, 11) is 1.51. The van der Waals surface area contributed by atoms with Crippen LogP contribution >= 0.6 is 11.6 Å². The van der Waals surface area contributed by atoms with Crippen molar-refractivity contribution in [1.29, 1.82) is 0 Å². The minimum atomic E-state index is -0.0912. The molecule has 1 aromatic carbocycles. The van der Waals surface area contributed by atoms with Gasteiger partial charge >= 0.3 is 0 Å². The molecule has 94 valence electrons. The number of hydrogen-bond acceptors (Lipinski definition) is 3. The zero-order valence-corrected chi connectivity index (χ0v) is 11.0. The van der Waals surface area contributed by atoms with Crippen LogP contribution in [0, 0.1) is 6.92 Å². The maximum atomic E-state index is 10.3. The molecule has 1 saturated carbocycles. The van der Waals surface area contributed by atoms with Gasteiger partial charge in [-0.3, -0.25) is 0 Å². The quantitative estimate of drug-likeness (QED) is 0.873. The van der Waals surface area contributed by atoms with Gasteiger partial charge in [-0.1, -0.05) is 18.0 Å². The number of nitrogens with two attached hydrogens (primary N) is 1. The molecule has 0 bridgehead atoms. The second kappa shape index (κ2) is 4.39. The number of methoxy groups -OCH3 is 1. The van der Waals surface area contributed by atoms with Crippen molar-refractivity contribution in [2.75, 3.05) is 13.7 Å². The highest BCUT2D eigenvalue weighted by molar-refractivity contribution is 6.32. The summed E-state index contributed by atoms with van der Waals surface area (Å²) in [5, 5.41) is 10.8. The van der Waals surface area contributed by atoms with Crippen LogP contribution in [0.5, 0.6) is 11.5 Å². The highest BCUT2D eigenvalue weighted by Crippen LogP contribution is 2.51. The lowest BCUT2D eigenvalue weighted by Crippen LogP contribution is -2.42. The van der Waals surface area contributed by atoms with E-state index >= 15 is 0 Å². The van der Waals surface area contributed by atoms with Crippen molar-refractivity contribution in [2.45, 2.75) is 31.6 Å². The Balaban J connectivity index is 2.61. The minimum absolute atomic E-state index is 0.0912. The number of benzene rings is 1.